The van der Waals surface area contributed by atoms with Gasteiger partial charge in [0, 0.05) is 19.3 Å². The fourth-order valence-corrected chi connectivity index (χ4v) is 11.9. The molecule has 0 spiro atoms. The van der Waals surface area contributed by atoms with Crippen LogP contribution in [0.25, 0.3) is 0 Å². The van der Waals surface area contributed by atoms with Gasteiger partial charge in [0.05, 0.1) is 32.8 Å². The Hall–Kier alpha value is -4.02. The molecule has 0 saturated heterocycles. The van der Waals surface area contributed by atoms with E-state index in [4.69, 9.17) is 37.0 Å². The van der Waals surface area contributed by atoms with Gasteiger partial charge in [-0.25, -0.2) is 9.13 Å². The van der Waals surface area contributed by atoms with Crippen LogP contribution >= 0.6 is 15.6 Å². The second-order valence-corrected chi connectivity index (χ2v) is 28.5. The Kier molecular flexibility index (Phi) is 68.4. The standard InChI is InChI=1S/C79H138O17P2/c1-5-9-13-17-21-25-29-33-35-36-38-42-44-48-52-56-60-64-77(82)90-70-75(96-79(84)66-62-58-54-50-46-40-32-28-24-20-16-12-8-4)72-94-98(87,88)92-68-73(80)67-91-97(85,86)93-71-74(95-78(83)65-61-57-53-49-45-39-31-27-23-19-15-11-7-3)69-89-76(81)63-59-55-51-47-43-41-37-34-30-26-22-18-14-10-6-2/h9-10,13-14,21-22,25-26,33-35,37,43,47,55,59,73-75,80H,5-8,11-12,15-20,23-24,27-32,36,38-42,44-46,48-54,56-58,60-72H2,1-4H3,(H,85,86)(H,87,88)/b13-9-,14-10-,25-21-,26-22-,35-33-,37-34-,47-43-,59-55-. The number of esters is 4. The molecular formula is C79H138O17P2. The molecular weight excluding hydrogens is 1280 g/mol. The van der Waals surface area contributed by atoms with Crippen LogP contribution in [0.3, 0.4) is 0 Å². The first-order valence-corrected chi connectivity index (χ1v) is 41.5. The molecule has 3 N–H and O–H groups in total. The van der Waals surface area contributed by atoms with Crippen LogP contribution in [0.15, 0.2) is 97.2 Å². The SMILES string of the molecule is CC/C=C\C/C=C\C/C=C\C/C=C\C/C=C\CC(=O)OCC(COP(=O)(O)OCC(O)COP(=O)(O)OCC(COC(=O)CCCCCCCCC/C=C\C/C=C\C/C=C\CC)OC(=O)CCCCCCCCCCCCCCC)OC(=O)CCCCCCCCCCCCCCC. The van der Waals surface area contributed by atoms with Crippen molar-refractivity contribution in [1.29, 1.82) is 0 Å². The first kappa shape index (κ1) is 94.0. The number of unbranched alkanes of at least 4 members (excludes halogenated alkanes) is 31. The number of allylic oxidation sites excluding steroid dienone is 15. The number of aliphatic hydroxyl groups is 1. The number of hydrogen-bond acceptors (Lipinski definition) is 15. The number of hydrogen-bond donors (Lipinski definition) is 3. The van der Waals surface area contributed by atoms with Gasteiger partial charge in [0.15, 0.2) is 12.2 Å². The molecule has 0 aromatic heterocycles. The minimum absolute atomic E-state index is 0.0681. The summed E-state index contributed by atoms with van der Waals surface area (Å²) in [6, 6.07) is 0. The Morgan fingerprint density at radius 3 is 0.908 bits per heavy atom. The van der Waals surface area contributed by atoms with Gasteiger partial charge in [-0.05, 0) is 83.5 Å². The molecule has 0 bridgehead atoms. The summed E-state index contributed by atoms with van der Waals surface area (Å²) in [6.07, 6.45) is 74.2. The molecule has 0 aliphatic carbocycles. The maximum Gasteiger partial charge on any atom is 0.472 e. The largest absolute Gasteiger partial charge is 0.472 e. The van der Waals surface area contributed by atoms with Crippen LogP contribution in [0, 0.1) is 0 Å². The Labute approximate surface area is 595 Å². The van der Waals surface area contributed by atoms with Gasteiger partial charge in [0.2, 0.25) is 0 Å². The molecule has 0 radical (unpaired) electrons. The summed E-state index contributed by atoms with van der Waals surface area (Å²) in [5, 5.41) is 10.6. The highest BCUT2D eigenvalue weighted by molar-refractivity contribution is 7.47. The van der Waals surface area contributed by atoms with Crippen molar-refractivity contribution in [3.8, 4) is 0 Å². The van der Waals surface area contributed by atoms with Crippen LogP contribution in [0.5, 0.6) is 0 Å². The molecule has 0 aliphatic rings. The quantitative estimate of drug-likeness (QED) is 0.0169. The molecule has 17 nitrogen and oxygen atoms in total. The number of aliphatic hydroxyl groups excluding tert-OH is 1. The zero-order valence-corrected chi connectivity index (χ0v) is 63.5. The van der Waals surface area contributed by atoms with Gasteiger partial charge in [-0.1, -0.05) is 311 Å². The molecule has 0 rings (SSSR count). The third-order valence-corrected chi connectivity index (χ3v) is 18.0. The summed E-state index contributed by atoms with van der Waals surface area (Å²) in [6.45, 7) is 4.56. The second kappa shape index (κ2) is 71.4. The smallest absolute Gasteiger partial charge is 0.462 e. The summed E-state index contributed by atoms with van der Waals surface area (Å²) in [7, 11) is -9.96. The van der Waals surface area contributed by atoms with E-state index in [1.807, 2.05) is 18.2 Å². The molecule has 19 heteroatoms. The average Bonchev–Trinajstić information content (AvgIpc) is 0.971. The fourth-order valence-electron chi connectivity index (χ4n) is 10.3. The molecule has 98 heavy (non-hydrogen) atoms. The van der Waals surface area contributed by atoms with E-state index < -0.39 is 97.5 Å². The predicted octanol–water partition coefficient (Wildman–Crippen LogP) is 22.0. The van der Waals surface area contributed by atoms with E-state index in [0.717, 1.165) is 141 Å². The molecule has 0 amide bonds. The van der Waals surface area contributed by atoms with Crippen LogP contribution in [0.2, 0.25) is 0 Å². The normalized spacial score (nSPS) is 14.5. The number of phosphoric acid groups is 2. The monoisotopic (exact) mass is 1420 g/mol. The van der Waals surface area contributed by atoms with Crippen molar-refractivity contribution in [3.05, 3.63) is 97.2 Å². The minimum Gasteiger partial charge on any atom is -0.462 e. The van der Waals surface area contributed by atoms with Gasteiger partial charge in [0.1, 0.15) is 19.3 Å². The number of phosphoric ester groups is 2. The maximum atomic E-state index is 13.1. The second-order valence-electron chi connectivity index (χ2n) is 25.6. The van der Waals surface area contributed by atoms with Gasteiger partial charge in [-0.2, -0.15) is 0 Å². The van der Waals surface area contributed by atoms with Crippen molar-refractivity contribution in [2.24, 2.45) is 0 Å². The van der Waals surface area contributed by atoms with Gasteiger partial charge < -0.3 is 33.8 Å². The third kappa shape index (κ3) is 70.4. The van der Waals surface area contributed by atoms with E-state index in [2.05, 4.69) is 101 Å². The summed E-state index contributed by atoms with van der Waals surface area (Å²) >= 11 is 0. The zero-order chi connectivity index (χ0) is 71.8. The van der Waals surface area contributed by atoms with E-state index in [0.29, 0.717) is 25.7 Å². The summed E-state index contributed by atoms with van der Waals surface area (Å²) < 4.78 is 68.4. The van der Waals surface area contributed by atoms with Crippen molar-refractivity contribution in [2.45, 2.75) is 341 Å². The van der Waals surface area contributed by atoms with Crippen molar-refractivity contribution in [2.75, 3.05) is 39.6 Å². The minimum atomic E-state index is -4.99. The van der Waals surface area contributed by atoms with E-state index in [1.54, 1.807) is 6.08 Å². The van der Waals surface area contributed by atoms with Crippen LogP contribution < -0.4 is 0 Å². The van der Waals surface area contributed by atoms with E-state index in [1.165, 1.54) is 103 Å². The Morgan fingerprint density at radius 1 is 0.306 bits per heavy atom. The van der Waals surface area contributed by atoms with Gasteiger partial charge in [-0.3, -0.25) is 37.3 Å². The molecule has 0 fully saturated rings. The fraction of sp³-hybridized carbons (Fsp3) is 0.747. The van der Waals surface area contributed by atoms with E-state index >= 15 is 0 Å². The van der Waals surface area contributed by atoms with Crippen LogP contribution in [-0.2, 0) is 65.4 Å². The first-order chi connectivity index (χ1) is 47.7. The molecule has 0 aromatic rings. The number of ether oxygens (including phenoxy) is 4. The number of rotatable bonds is 72. The molecule has 5 unspecified atom stereocenters. The van der Waals surface area contributed by atoms with Crippen LogP contribution in [-0.4, -0.2) is 96.7 Å². The Morgan fingerprint density at radius 2 is 0.571 bits per heavy atom. The first-order valence-electron chi connectivity index (χ1n) is 38.5. The van der Waals surface area contributed by atoms with Gasteiger partial charge >= 0.3 is 39.5 Å². The molecule has 0 aromatic carbocycles. The molecule has 0 heterocycles. The highest BCUT2D eigenvalue weighted by Gasteiger charge is 2.30. The number of carbonyl (C=O) groups excluding carboxylic acids is 4. The summed E-state index contributed by atoms with van der Waals surface area (Å²) in [4.78, 5) is 72.8. The average molecular weight is 1420 g/mol. The number of carbonyl (C=O) groups is 4. The van der Waals surface area contributed by atoms with Gasteiger partial charge in [0.25, 0.3) is 0 Å². The molecule has 0 aliphatic heterocycles. The van der Waals surface area contributed by atoms with Crippen molar-refractivity contribution in [3.63, 3.8) is 0 Å². The van der Waals surface area contributed by atoms with Gasteiger partial charge in [-0.15, -0.1) is 0 Å². The summed E-state index contributed by atoms with van der Waals surface area (Å²) in [5.41, 5.74) is 0. The topological polar surface area (TPSA) is 237 Å². The van der Waals surface area contributed by atoms with Crippen molar-refractivity contribution in [1.82, 2.24) is 0 Å². The van der Waals surface area contributed by atoms with Crippen molar-refractivity contribution < 1.29 is 80.2 Å². The lowest BCUT2D eigenvalue weighted by Gasteiger charge is -2.21. The lowest BCUT2D eigenvalue weighted by atomic mass is 10.0. The Bertz CT molecular complexity index is 2240. The highest BCUT2D eigenvalue weighted by atomic mass is 31.2. The van der Waals surface area contributed by atoms with E-state index in [9.17, 15) is 43.2 Å². The van der Waals surface area contributed by atoms with E-state index in [-0.39, 0.29) is 25.7 Å². The highest BCUT2D eigenvalue weighted by Crippen LogP contribution is 2.45. The maximum absolute atomic E-state index is 13.1. The summed E-state index contributed by atoms with van der Waals surface area (Å²) in [5.74, 6) is -2.31. The lowest BCUT2D eigenvalue weighted by Crippen LogP contribution is -2.30. The lowest BCUT2D eigenvalue weighted by molar-refractivity contribution is -0.161. The molecule has 0 saturated carbocycles. The molecule has 5 atom stereocenters. The Balaban J connectivity index is 5.38. The molecule has 566 valence electrons. The third-order valence-electron chi connectivity index (χ3n) is 16.1. The van der Waals surface area contributed by atoms with Crippen LogP contribution in [0.4, 0.5) is 0 Å². The predicted molar refractivity (Wildman–Crippen MR) is 399 cm³/mol. The van der Waals surface area contributed by atoms with Crippen molar-refractivity contribution >= 4 is 39.5 Å². The zero-order valence-electron chi connectivity index (χ0n) is 61.7. The van der Waals surface area contributed by atoms with Crippen LogP contribution in [0.1, 0.15) is 323 Å².